The molecule has 0 saturated carbocycles. The molecule has 0 unspecified atom stereocenters. The van der Waals surface area contributed by atoms with Crippen LogP contribution in [0.5, 0.6) is 0 Å². The molecule has 0 saturated heterocycles. The Balaban J connectivity index is 3.33. The number of hydrogen-bond acceptors (Lipinski definition) is 2. The molecule has 58 valence electrons. The largest absolute Gasteiger partial charge is 0.345 e. The maximum Gasteiger partial charge on any atom is 0.166 e. The highest BCUT2D eigenvalue weighted by atomic mass is 16.1. The molecular weight excluding hydrogens is 142 g/mol. The van der Waals surface area contributed by atoms with Crippen molar-refractivity contribution in [3.63, 3.8) is 0 Å². The monoisotopic (exact) mass is 151 g/mol. The van der Waals surface area contributed by atoms with Gasteiger partial charge in [0.15, 0.2) is 12.6 Å². The summed E-state index contributed by atoms with van der Waals surface area (Å²) in [6, 6.07) is 1.58. The number of hydrogen-bond donors (Lipinski definition) is 0. The van der Waals surface area contributed by atoms with Crippen LogP contribution < -0.4 is 0 Å². The molecule has 11 heavy (non-hydrogen) atoms. The summed E-state index contributed by atoms with van der Waals surface area (Å²) >= 11 is 0. The molecule has 0 N–H and O–H groups in total. The van der Waals surface area contributed by atoms with Gasteiger partial charge in [0.1, 0.15) is 0 Å². The van der Waals surface area contributed by atoms with E-state index in [0.717, 1.165) is 18.3 Å². The van der Waals surface area contributed by atoms with Crippen molar-refractivity contribution >= 4 is 12.6 Å². The van der Waals surface area contributed by atoms with Crippen LogP contribution in [0.15, 0.2) is 6.07 Å². The summed E-state index contributed by atoms with van der Waals surface area (Å²) in [6.07, 6.45) is 1.49. The van der Waals surface area contributed by atoms with Crippen molar-refractivity contribution < 1.29 is 9.59 Å². The van der Waals surface area contributed by atoms with Crippen molar-refractivity contribution in [2.24, 2.45) is 7.05 Å². The van der Waals surface area contributed by atoms with Crippen molar-refractivity contribution in [1.82, 2.24) is 4.57 Å². The molecule has 1 aromatic heterocycles. The van der Waals surface area contributed by atoms with Crippen LogP contribution in [0.3, 0.4) is 0 Å². The lowest BCUT2D eigenvalue weighted by atomic mass is 10.3. The molecule has 1 heterocycles. The van der Waals surface area contributed by atoms with Gasteiger partial charge in [0.2, 0.25) is 0 Å². The summed E-state index contributed by atoms with van der Waals surface area (Å²) in [5.74, 6) is 0. The first-order chi connectivity index (χ1) is 5.20. The fraction of sp³-hybridized carbons (Fsp3) is 0.250. The lowest BCUT2D eigenvalue weighted by molar-refractivity contribution is 0.111. The third-order valence-electron chi connectivity index (χ3n) is 1.86. The van der Waals surface area contributed by atoms with Crippen LogP contribution in [-0.4, -0.2) is 17.1 Å². The number of aromatic nitrogens is 1. The third kappa shape index (κ3) is 1.09. The van der Waals surface area contributed by atoms with Gasteiger partial charge in [-0.1, -0.05) is 0 Å². The van der Waals surface area contributed by atoms with E-state index in [4.69, 9.17) is 0 Å². The molecule has 1 rings (SSSR count). The highest BCUT2D eigenvalue weighted by Gasteiger charge is 2.05. The fourth-order valence-corrected chi connectivity index (χ4v) is 0.980. The van der Waals surface area contributed by atoms with Crippen LogP contribution in [0.4, 0.5) is 0 Å². The van der Waals surface area contributed by atoms with Gasteiger partial charge >= 0.3 is 0 Å². The van der Waals surface area contributed by atoms with Crippen LogP contribution in [0.2, 0.25) is 0 Å². The standard InChI is InChI=1S/C8H9NO2/c1-6-7(4-10)3-8(5-11)9(6)2/h3-5H,1-2H3. The topological polar surface area (TPSA) is 39.1 Å². The molecule has 0 radical (unpaired) electrons. The van der Waals surface area contributed by atoms with Crippen molar-refractivity contribution in [2.75, 3.05) is 0 Å². The second-order valence-corrected chi connectivity index (χ2v) is 2.40. The Morgan fingerprint density at radius 3 is 2.27 bits per heavy atom. The highest BCUT2D eigenvalue weighted by molar-refractivity contribution is 5.83. The first-order valence-corrected chi connectivity index (χ1v) is 3.27. The Bertz CT molecular complexity index is 271. The predicted octanol–water partition coefficient (Wildman–Crippen LogP) is 0.959. The fourth-order valence-electron chi connectivity index (χ4n) is 0.980. The lowest BCUT2D eigenvalue weighted by Gasteiger charge is -1.96. The zero-order valence-electron chi connectivity index (χ0n) is 6.50. The molecule has 0 aliphatic rings. The molecule has 0 fully saturated rings. The first kappa shape index (κ1) is 7.72. The average molecular weight is 151 g/mol. The summed E-state index contributed by atoms with van der Waals surface area (Å²) < 4.78 is 1.69. The second-order valence-electron chi connectivity index (χ2n) is 2.40. The maximum atomic E-state index is 10.4. The number of nitrogens with zero attached hydrogens (tertiary/aromatic N) is 1. The Morgan fingerprint density at radius 1 is 1.36 bits per heavy atom. The minimum absolute atomic E-state index is 0.532. The minimum Gasteiger partial charge on any atom is -0.345 e. The zero-order chi connectivity index (χ0) is 8.43. The minimum atomic E-state index is 0.532. The highest BCUT2D eigenvalue weighted by Crippen LogP contribution is 2.09. The lowest BCUT2D eigenvalue weighted by Crippen LogP contribution is -1.96. The smallest absolute Gasteiger partial charge is 0.166 e. The normalized spacial score (nSPS) is 9.64. The number of carbonyl (C=O) groups excluding carboxylic acids is 2. The van der Waals surface area contributed by atoms with Gasteiger partial charge in [-0.2, -0.15) is 0 Å². The van der Waals surface area contributed by atoms with E-state index < -0.39 is 0 Å². The SMILES string of the molecule is Cc1c(C=O)cc(C=O)n1C. The van der Waals surface area contributed by atoms with E-state index in [-0.39, 0.29) is 0 Å². The zero-order valence-corrected chi connectivity index (χ0v) is 6.50. The van der Waals surface area contributed by atoms with E-state index >= 15 is 0 Å². The van der Waals surface area contributed by atoms with Gasteiger partial charge in [0.05, 0.1) is 5.69 Å². The summed E-state index contributed by atoms with van der Waals surface area (Å²) in [5, 5.41) is 0. The molecule has 0 aliphatic carbocycles. The van der Waals surface area contributed by atoms with Crippen molar-refractivity contribution in [3.8, 4) is 0 Å². The first-order valence-electron chi connectivity index (χ1n) is 3.27. The summed E-state index contributed by atoms with van der Waals surface area (Å²) in [4.78, 5) is 20.8. The van der Waals surface area contributed by atoms with Gasteiger partial charge in [-0.15, -0.1) is 0 Å². The molecule has 0 bridgehead atoms. The van der Waals surface area contributed by atoms with E-state index in [9.17, 15) is 9.59 Å². The Hall–Kier alpha value is -1.38. The van der Waals surface area contributed by atoms with Gasteiger partial charge in [0, 0.05) is 18.3 Å². The molecular formula is C8H9NO2. The van der Waals surface area contributed by atoms with Crippen LogP contribution in [0.25, 0.3) is 0 Å². The van der Waals surface area contributed by atoms with E-state index in [1.54, 1.807) is 24.6 Å². The Morgan fingerprint density at radius 2 is 2.00 bits per heavy atom. The number of aldehydes is 2. The van der Waals surface area contributed by atoms with Crippen LogP contribution in [-0.2, 0) is 7.05 Å². The van der Waals surface area contributed by atoms with Crippen LogP contribution in [0, 0.1) is 6.92 Å². The van der Waals surface area contributed by atoms with Crippen molar-refractivity contribution in [3.05, 3.63) is 23.0 Å². The van der Waals surface area contributed by atoms with Gasteiger partial charge in [-0.25, -0.2) is 0 Å². The summed E-state index contributed by atoms with van der Waals surface area (Å²) in [6.45, 7) is 1.80. The molecule has 1 aromatic rings. The molecule has 3 heteroatoms. The van der Waals surface area contributed by atoms with E-state index in [1.165, 1.54) is 0 Å². The van der Waals surface area contributed by atoms with Gasteiger partial charge in [-0.3, -0.25) is 9.59 Å². The van der Waals surface area contributed by atoms with E-state index in [2.05, 4.69) is 0 Å². The quantitative estimate of drug-likeness (QED) is 0.590. The maximum absolute atomic E-state index is 10.4. The van der Waals surface area contributed by atoms with Crippen molar-refractivity contribution in [1.29, 1.82) is 0 Å². The van der Waals surface area contributed by atoms with Gasteiger partial charge < -0.3 is 4.57 Å². The molecule has 0 amide bonds. The van der Waals surface area contributed by atoms with E-state index in [1.807, 2.05) is 0 Å². The summed E-state index contributed by atoms with van der Waals surface area (Å²) in [5.41, 5.74) is 1.93. The molecule has 0 atom stereocenters. The van der Waals surface area contributed by atoms with Gasteiger partial charge in [0.25, 0.3) is 0 Å². The molecule has 0 aliphatic heterocycles. The predicted molar refractivity (Wildman–Crippen MR) is 40.9 cm³/mol. The van der Waals surface area contributed by atoms with Gasteiger partial charge in [-0.05, 0) is 13.0 Å². The Labute approximate surface area is 64.6 Å². The van der Waals surface area contributed by atoms with Crippen LogP contribution >= 0.6 is 0 Å². The number of carbonyl (C=O) groups is 2. The average Bonchev–Trinajstić information content (AvgIpc) is 2.30. The van der Waals surface area contributed by atoms with Crippen molar-refractivity contribution in [2.45, 2.75) is 6.92 Å². The Kier molecular flexibility index (Phi) is 1.89. The second kappa shape index (κ2) is 2.70. The molecule has 0 aromatic carbocycles. The molecule has 0 spiro atoms. The number of rotatable bonds is 2. The van der Waals surface area contributed by atoms with Crippen LogP contribution in [0.1, 0.15) is 26.5 Å². The summed E-state index contributed by atoms with van der Waals surface area (Å²) in [7, 11) is 1.76. The van der Waals surface area contributed by atoms with E-state index in [0.29, 0.717) is 11.3 Å². The third-order valence-corrected chi connectivity index (χ3v) is 1.86. The molecule has 3 nitrogen and oxygen atoms in total.